The Morgan fingerprint density at radius 1 is 1.10 bits per heavy atom. The van der Waals surface area contributed by atoms with Crippen molar-refractivity contribution in [3.8, 4) is 11.3 Å². The van der Waals surface area contributed by atoms with Gasteiger partial charge in [-0.15, -0.1) is 0 Å². The lowest BCUT2D eigenvalue weighted by Crippen LogP contribution is -2.18. The minimum atomic E-state index is -4.55. The van der Waals surface area contributed by atoms with E-state index in [-0.39, 0.29) is 5.56 Å². The molecule has 2 aromatic carbocycles. The molecule has 6 nitrogen and oxygen atoms in total. The molecule has 0 spiro atoms. The number of benzene rings is 2. The minimum absolute atomic E-state index is 0.178. The number of amides is 1. The summed E-state index contributed by atoms with van der Waals surface area (Å²) in [5.41, 5.74) is 2.81. The Labute approximate surface area is 175 Å². The third-order valence-electron chi connectivity index (χ3n) is 4.44. The molecule has 0 saturated heterocycles. The summed E-state index contributed by atoms with van der Waals surface area (Å²) in [4.78, 5) is 23.9. The average Bonchev–Trinajstić information content (AvgIpc) is 3.21. The lowest BCUT2D eigenvalue weighted by Gasteiger charge is -2.08. The second-order valence-electron chi connectivity index (χ2n) is 6.45. The fraction of sp³-hybridized carbons (Fsp3) is 0.136. The molecule has 31 heavy (non-hydrogen) atoms. The summed E-state index contributed by atoms with van der Waals surface area (Å²) in [7, 11) is 1.30. The van der Waals surface area contributed by atoms with E-state index >= 15 is 0 Å². The summed E-state index contributed by atoms with van der Waals surface area (Å²) >= 11 is 0. The van der Waals surface area contributed by atoms with Gasteiger partial charge >= 0.3 is 12.1 Å². The summed E-state index contributed by atoms with van der Waals surface area (Å²) in [6, 6.07) is 12.4. The Balaban J connectivity index is 1.72. The third kappa shape index (κ3) is 5.00. The molecular formula is C22H17F3N2O4. The van der Waals surface area contributed by atoms with Gasteiger partial charge in [0.05, 0.1) is 24.5 Å². The van der Waals surface area contributed by atoms with Crippen LogP contribution in [-0.2, 0) is 10.9 Å². The van der Waals surface area contributed by atoms with Crippen LogP contribution in [0.15, 0.2) is 64.1 Å². The minimum Gasteiger partial charge on any atom is -0.465 e. The van der Waals surface area contributed by atoms with Crippen molar-refractivity contribution in [2.24, 2.45) is 5.10 Å². The molecule has 0 saturated carbocycles. The SMILES string of the molecule is COC(=O)c1cccc(-c2ccc(/C=N/NC(=O)c3cccc(C(F)(F)F)c3)o2)c1C. The van der Waals surface area contributed by atoms with Crippen LogP contribution in [0.5, 0.6) is 0 Å². The molecule has 1 heterocycles. The van der Waals surface area contributed by atoms with Gasteiger partial charge in [0.25, 0.3) is 5.91 Å². The van der Waals surface area contributed by atoms with Crippen molar-refractivity contribution in [1.29, 1.82) is 0 Å². The molecule has 9 heteroatoms. The smallest absolute Gasteiger partial charge is 0.416 e. The molecule has 0 radical (unpaired) electrons. The molecule has 0 atom stereocenters. The molecule has 0 bridgehead atoms. The van der Waals surface area contributed by atoms with Crippen LogP contribution in [0, 0.1) is 6.92 Å². The van der Waals surface area contributed by atoms with Crippen molar-refractivity contribution < 1.29 is 31.9 Å². The molecule has 160 valence electrons. The van der Waals surface area contributed by atoms with Crippen molar-refractivity contribution in [1.82, 2.24) is 5.43 Å². The van der Waals surface area contributed by atoms with Gasteiger partial charge in [-0.25, -0.2) is 10.2 Å². The van der Waals surface area contributed by atoms with Crippen LogP contribution in [0.4, 0.5) is 13.2 Å². The second-order valence-corrected chi connectivity index (χ2v) is 6.45. The van der Waals surface area contributed by atoms with Crippen molar-refractivity contribution in [3.05, 3.63) is 82.6 Å². The van der Waals surface area contributed by atoms with Crippen molar-refractivity contribution >= 4 is 18.1 Å². The zero-order chi connectivity index (χ0) is 22.6. The number of hydrogen-bond donors (Lipinski definition) is 1. The van der Waals surface area contributed by atoms with Gasteiger partial charge in [-0.3, -0.25) is 4.79 Å². The van der Waals surface area contributed by atoms with Gasteiger partial charge in [0, 0.05) is 11.1 Å². The van der Waals surface area contributed by atoms with E-state index in [0.29, 0.717) is 28.2 Å². The fourth-order valence-corrected chi connectivity index (χ4v) is 2.86. The number of halogens is 3. The highest BCUT2D eigenvalue weighted by Gasteiger charge is 2.30. The normalized spacial score (nSPS) is 11.5. The highest BCUT2D eigenvalue weighted by molar-refractivity contribution is 5.95. The molecule has 0 unspecified atom stereocenters. The lowest BCUT2D eigenvalue weighted by atomic mass is 10.0. The Morgan fingerprint density at radius 3 is 2.55 bits per heavy atom. The molecular weight excluding hydrogens is 413 g/mol. The number of carbonyl (C=O) groups is 2. The highest BCUT2D eigenvalue weighted by atomic mass is 19.4. The largest absolute Gasteiger partial charge is 0.465 e. The van der Waals surface area contributed by atoms with Gasteiger partial charge in [0.1, 0.15) is 11.5 Å². The van der Waals surface area contributed by atoms with Crippen LogP contribution < -0.4 is 5.43 Å². The average molecular weight is 430 g/mol. The number of hydrogen-bond acceptors (Lipinski definition) is 5. The maximum atomic E-state index is 12.8. The van der Waals surface area contributed by atoms with Crippen molar-refractivity contribution in [2.75, 3.05) is 7.11 Å². The maximum Gasteiger partial charge on any atom is 0.416 e. The van der Waals surface area contributed by atoms with Crippen molar-refractivity contribution in [3.63, 3.8) is 0 Å². The number of nitrogens with zero attached hydrogens (tertiary/aromatic N) is 1. The van der Waals surface area contributed by atoms with Crippen LogP contribution in [0.2, 0.25) is 0 Å². The van der Waals surface area contributed by atoms with E-state index in [1.54, 1.807) is 37.3 Å². The fourth-order valence-electron chi connectivity index (χ4n) is 2.86. The van der Waals surface area contributed by atoms with Crippen LogP contribution in [0.1, 0.15) is 37.6 Å². The predicted molar refractivity (Wildman–Crippen MR) is 107 cm³/mol. The quantitative estimate of drug-likeness (QED) is 0.357. The van der Waals surface area contributed by atoms with E-state index < -0.39 is 23.6 Å². The van der Waals surface area contributed by atoms with Gasteiger partial charge in [-0.1, -0.05) is 18.2 Å². The summed E-state index contributed by atoms with van der Waals surface area (Å²) in [6.07, 6.45) is -3.33. The zero-order valence-corrected chi connectivity index (χ0v) is 16.5. The van der Waals surface area contributed by atoms with E-state index in [2.05, 4.69) is 10.5 Å². The summed E-state index contributed by atoms with van der Waals surface area (Å²) in [5.74, 6) is -0.503. The first-order valence-electron chi connectivity index (χ1n) is 8.99. The van der Waals surface area contributed by atoms with Crippen LogP contribution in [0.3, 0.4) is 0 Å². The molecule has 0 aliphatic carbocycles. The van der Waals surface area contributed by atoms with E-state index in [0.717, 1.165) is 18.2 Å². The monoisotopic (exact) mass is 430 g/mol. The summed E-state index contributed by atoms with van der Waals surface area (Å²) in [6.45, 7) is 1.76. The number of nitrogens with one attached hydrogen (secondary N) is 1. The van der Waals surface area contributed by atoms with E-state index in [9.17, 15) is 22.8 Å². The number of methoxy groups -OCH3 is 1. The van der Waals surface area contributed by atoms with E-state index in [4.69, 9.17) is 9.15 Å². The van der Waals surface area contributed by atoms with Crippen LogP contribution >= 0.6 is 0 Å². The van der Waals surface area contributed by atoms with Crippen LogP contribution in [0.25, 0.3) is 11.3 Å². The first kappa shape index (κ1) is 21.8. The van der Waals surface area contributed by atoms with Gasteiger partial charge in [0.2, 0.25) is 0 Å². The van der Waals surface area contributed by atoms with Crippen LogP contribution in [-0.4, -0.2) is 25.2 Å². The lowest BCUT2D eigenvalue weighted by molar-refractivity contribution is -0.137. The Kier molecular flexibility index (Phi) is 6.24. The molecule has 0 aliphatic rings. The topological polar surface area (TPSA) is 80.9 Å². The molecule has 3 aromatic rings. The predicted octanol–water partition coefficient (Wildman–Crippen LogP) is 4.82. The number of esters is 1. The van der Waals surface area contributed by atoms with Gasteiger partial charge < -0.3 is 9.15 Å². The van der Waals surface area contributed by atoms with Gasteiger partial charge in [-0.2, -0.15) is 18.3 Å². The molecule has 0 fully saturated rings. The number of hydrazone groups is 1. The van der Waals surface area contributed by atoms with Gasteiger partial charge in [-0.05, 0) is 48.9 Å². The van der Waals surface area contributed by atoms with Crippen molar-refractivity contribution in [2.45, 2.75) is 13.1 Å². The molecule has 1 N–H and O–H groups in total. The second kappa shape index (κ2) is 8.86. The Bertz CT molecular complexity index is 1150. The standard InChI is InChI=1S/C22H17F3N2O4/c1-13-17(7-4-8-18(13)21(29)30-2)19-10-9-16(31-19)12-26-27-20(28)14-5-3-6-15(11-14)22(23,24)25/h3-12H,1-2H3,(H,27,28)/b26-12+. The first-order chi connectivity index (χ1) is 14.7. The summed E-state index contributed by atoms with van der Waals surface area (Å²) < 4.78 is 48.7. The molecule has 1 aromatic heterocycles. The number of alkyl halides is 3. The number of furan rings is 1. The Hall–Kier alpha value is -3.88. The zero-order valence-electron chi connectivity index (χ0n) is 16.5. The summed E-state index contributed by atoms with van der Waals surface area (Å²) in [5, 5.41) is 3.72. The third-order valence-corrected chi connectivity index (χ3v) is 4.44. The highest BCUT2D eigenvalue weighted by Crippen LogP contribution is 2.30. The molecule has 0 aliphatic heterocycles. The first-order valence-corrected chi connectivity index (χ1v) is 8.99. The van der Waals surface area contributed by atoms with E-state index in [1.807, 2.05) is 0 Å². The number of ether oxygens (including phenoxy) is 1. The van der Waals surface area contributed by atoms with Gasteiger partial charge in [0.15, 0.2) is 0 Å². The maximum absolute atomic E-state index is 12.8. The van der Waals surface area contributed by atoms with E-state index in [1.165, 1.54) is 19.4 Å². The number of rotatable bonds is 5. The molecule has 3 rings (SSSR count). The Morgan fingerprint density at radius 2 is 1.84 bits per heavy atom. The molecule has 1 amide bonds. The number of carbonyl (C=O) groups excluding carboxylic acids is 2.